The maximum absolute atomic E-state index is 12.7. The van der Waals surface area contributed by atoms with Crippen molar-refractivity contribution in [2.24, 2.45) is 0 Å². The maximum Gasteiger partial charge on any atom is 0.422 e. The fraction of sp³-hybridized carbons (Fsp3) is 1.00. The summed E-state index contributed by atoms with van der Waals surface area (Å²) in [6.07, 6.45) is -19.3. The number of aliphatic hydroxyl groups excluding tert-OH is 1. The van der Waals surface area contributed by atoms with E-state index in [0.717, 1.165) is 6.92 Å². The van der Waals surface area contributed by atoms with Gasteiger partial charge in [-0.1, -0.05) is 0 Å². The van der Waals surface area contributed by atoms with Crippen LogP contribution in [0.15, 0.2) is 0 Å². The summed E-state index contributed by atoms with van der Waals surface area (Å²) in [6.45, 7) is -0.363. The summed E-state index contributed by atoms with van der Waals surface area (Å²) in [7, 11) is 0. The highest BCUT2D eigenvalue weighted by atomic mass is 19.4. The molecule has 110 valence electrons. The first-order chi connectivity index (χ1) is 7.79. The van der Waals surface area contributed by atoms with Gasteiger partial charge in [0.25, 0.3) is 0 Å². The minimum atomic E-state index is -5.66. The van der Waals surface area contributed by atoms with Crippen LogP contribution in [0.3, 0.4) is 0 Å². The second-order valence-electron chi connectivity index (χ2n) is 3.59. The Labute approximate surface area is 96.5 Å². The maximum atomic E-state index is 12.7. The third-order valence-electron chi connectivity index (χ3n) is 1.70. The molecule has 2 nitrogen and oxygen atoms in total. The highest BCUT2D eigenvalue weighted by Gasteiger charge is 2.65. The molecule has 0 bridgehead atoms. The van der Waals surface area contributed by atoms with E-state index in [0.29, 0.717) is 0 Å². The second kappa shape index (κ2) is 5.55. The Hall–Kier alpha value is -0.640. The van der Waals surface area contributed by atoms with Crippen molar-refractivity contribution in [1.29, 1.82) is 0 Å². The SMILES string of the molecule is CC(O)COC(F)(F)C(F)(F)C(F)CC(F)(F)F. The number of aliphatic hydroxyl groups is 1. The van der Waals surface area contributed by atoms with Crippen LogP contribution < -0.4 is 0 Å². The molecule has 0 aliphatic heterocycles. The zero-order valence-corrected chi connectivity index (χ0v) is 8.95. The van der Waals surface area contributed by atoms with Gasteiger partial charge in [-0.3, -0.25) is 0 Å². The van der Waals surface area contributed by atoms with Gasteiger partial charge in [0.2, 0.25) is 0 Å². The van der Waals surface area contributed by atoms with Gasteiger partial charge in [-0.25, -0.2) is 4.39 Å². The van der Waals surface area contributed by atoms with Gasteiger partial charge < -0.3 is 9.84 Å². The van der Waals surface area contributed by atoms with Gasteiger partial charge in [0.1, 0.15) is 0 Å². The van der Waals surface area contributed by atoms with Gasteiger partial charge in [-0.05, 0) is 6.92 Å². The number of hydrogen-bond acceptors (Lipinski definition) is 2. The second-order valence-corrected chi connectivity index (χ2v) is 3.59. The van der Waals surface area contributed by atoms with Gasteiger partial charge in [0, 0.05) is 0 Å². The molecule has 0 aromatic carbocycles. The van der Waals surface area contributed by atoms with E-state index in [-0.39, 0.29) is 0 Å². The molecule has 0 aliphatic carbocycles. The first-order valence-electron chi connectivity index (χ1n) is 4.58. The van der Waals surface area contributed by atoms with Gasteiger partial charge in [0.05, 0.1) is 19.1 Å². The molecule has 10 heteroatoms. The number of ether oxygens (including phenoxy) is 1. The van der Waals surface area contributed by atoms with Crippen LogP contribution in [0.2, 0.25) is 0 Å². The first kappa shape index (κ1) is 17.4. The van der Waals surface area contributed by atoms with E-state index in [9.17, 15) is 35.1 Å². The number of halogens is 8. The zero-order chi connectivity index (χ0) is 14.8. The van der Waals surface area contributed by atoms with E-state index in [2.05, 4.69) is 4.74 Å². The Morgan fingerprint density at radius 1 is 1.06 bits per heavy atom. The third kappa shape index (κ3) is 4.92. The van der Waals surface area contributed by atoms with E-state index >= 15 is 0 Å². The predicted molar refractivity (Wildman–Crippen MR) is 43.1 cm³/mol. The highest BCUT2D eigenvalue weighted by Crippen LogP contribution is 2.42. The van der Waals surface area contributed by atoms with Crippen LogP contribution in [0.1, 0.15) is 13.3 Å². The lowest BCUT2D eigenvalue weighted by Gasteiger charge is -2.29. The molecule has 2 unspecified atom stereocenters. The average molecular weight is 290 g/mol. The molecule has 1 N–H and O–H groups in total. The normalized spacial score (nSPS) is 17.7. The molecule has 0 aromatic rings. The van der Waals surface area contributed by atoms with Gasteiger partial charge in [-0.15, -0.1) is 0 Å². The number of hydrogen-bond donors (Lipinski definition) is 1. The third-order valence-corrected chi connectivity index (χ3v) is 1.70. The van der Waals surface area contributed by atoms with Crippen molar-refractivity contribution in [3.8, 4) is 0 Å². The van der Waals surface area contributed by atoms with Crippen molar-refractivity contribution in [3.63, 3.8) is 0 Å². The Morgan fingerprint density at radius 2 is 1.50 bits per heavy atom. The van der Waals surface area contributed by atoms with Crippen LogP contribution >= 0.6 is 0 Å². The molecule has 0 spiro atoms. The smallest absolute Gasteiger partial charge is 0.391 e. The summed E-state index contributed by atoms with van der Waals surface area (Å²) in [5.74, 6) is -5.66. The first-order valence-corrected chi connectivity index (χ1v) is 4.58. The molecule has 0 saturated carbocycles. The van der Waals surface area contributed by atoms with Gasteiger partial charge in [0.15, 0.2) is 6.17 Å². The fourth-order valence-electron chi connectivity index (χ4n) is 0.835. The average Bonchev–Trinajstić information content (AvgIpc) is 2.11. The van der Waals surface area contributed by atoms with Crippen molar-refractivity contribution in [1.82, 2.24) is 0 Å². The van der Waals surface area contributed by atoms with E-state index in [1.165, 1.54) is 0 Å². The lowest BCUT2D eigenvalue weighted by molar-refractivity contribution is -0.369. The Kier molecular flexibility index (Phi) is 5.36. The molecule has 18 heavy (non-hydrogen) atoms. The molecule has 0 rings (SSSR count). The van der Waals surface area contributed by atoms with Crippen molar-refractivity contribution >= 4 is 0 Å². The molecular formula is C8H10F8O2. The Bertz CT molecular complexity index is 262. The lowest BCUT2D eigenvalue weighted by atomic mass is 10.1. The Balaban J connectivity index is 4.76. The molecule has 0 heterocycles. The fourth-order valence-corrected chi connectivity index (χ4v) is 0.835. The topological polar surface area (TPSA) is 29.5 Å². The Morgan fingerprint density at radius 3 is 1.83 bits per heavy atom. The van der Waals surface area contributed by atoms with E-state index in [4.69, 9.17) is 5.11 Å². The summed E-state index contributed by atoms with van der Waals surface area (Å²) >= 11 is 0. The quantitative estimate of drug-likeness (QED) is 0.762. The lowest BCUT2D eigenvalue weighted by Crippen LogP contribution is -2.51. The minimum Gasteiger partial charge on any atom is -0.391 e. The van der Waals surface area contributed by atoms with Crippen LogP contribution in [0.4, 0.5) is 35.1 Å². The van der Waals surface area contributed by atoms with Gasteiger partial charge >= 0.3 is 18.2 Å². The van der Waals surface area contributed by atoms with Crippen molar-refractivity contribution in [3.05, 3.63) is 0 Å². The van der Waals surface area contributed by atoms with Gasteiger partial charge in [-0.2, -0.15) is 30.7 Å². The zero-order valence-electron chi connectivity index (χ0n) is 8.95. The summed E-state index contributed by atoms with van der Waals surface area (Å²) in [6, 6.07) is 0. The van der Waals surface area contributed by atoms with Crippen LogP contribution in [0, 0.1) is 0 Å². The molecule has 0 fully saturated rings. The van der Waals surface area contributed by atoms with Crippen molar-refractivity contribution < 1.29 is 45.0 Å². The predicted octanol–water partition coefficient (Wildman–Crippen LogP) is 2.90. The van der Waals surface area contributed by atoms with E-state index in [1.807, 2.05) is 0 Å². The molecular weight excluding hydrogens is 280 g/mol. The van der Waals surface area contributed by atoms with Crippen LogP contribution in [0.5, 0.6) is 0 Å². The van der Waals surface area contributed by atoms with Crippen LogP contribution in [-0.2, 0) is 4.74 Å². The van der Waals surface area contributed by atoms with E-state index in [1.54, 1.807) is 0 Å². The molecule has 0 saturated heterocycles. The summed E-state index contributed by atoms with van der Waals surface area (Å²) < 4.78 is 102. The highest BCUT2D eigenvalue weighted by molar-refractivity contribution is 4.87. The minimum absolute atomic E-state index is 0.914. The molecule has 0 aromatic heterocycles. The summed E-state index contributed by atoms with van der Waals surface area (Å²) in [5, 5.41) is 8.53. The number of rotatable bonds is 6. The summed E-state index contributed by atoms with van der Waals surface area (Å²) in [5.41, 5.74) is 0. The largest absolute Gasteiger partial charge is 0.422 e. The standard InChI is InChI=1S/C8H10F8O2/c1-4(17)3-18-8(15,16)7(13,14)5(9)2-6(10,11)12/h4-5,17H,2-3H2,1H3. The molecule has 0 radical (unpaired) electrons. The molecule has 2 atom stereocenters. The van der Waals surface area contributed by atoms with Crippen molar-refractivity contribution in [2.45, 2.75) is 43.8 Å². The van der Waals surface area contributed by atoms with E-state index < -0.39 is 43.5 Å². The monoisotopic (exact) mass is 290 g/mol. The number of alkyl halides is 8. The van der Waals surface area contributed by atoms with Crippen LogP contribution in [0.25, 0.3) is 0 Å². The molecule has 0 amide bonds. The molecule has 0 aliphatic rings. The van der Waals surface area contributed by atoms with Crippen molar-refractivity contribution in [2.75, 3.05) is 6.61 Å². The summed E-state index contributed by atoms with van der Waals surface area (Å²) in [4.78, 5) is 0. The van der Waals surface area contributed by atoms with Crippen LogP contribution in [-0.4, -0.2) is 42.2 Å².